The number of methoxy groups -OCH3 is 2. The van der Waals surface area contributed by atoms with Gasteiger partial charge in [0.15, 0.2) is 0 Å². The molecule has 20 heavy (non-hydrogen) atoms. The minimum absolute atomic E-state index is 0.650. The molecule has 1 saturated carbocycles. The molecule has 0 aromatic heterocycles. The Morgan fingerprint density at radius 2 is 1.70 bits per heavy atom. The number of hydrogen-bond acceptors (Lipinski definition) is 3. The monoisotopic (exact) mass is 277 g/mol. The van der Waals surface area contributed by atoms with Crippen LogP contribution in [0.4, 0.5) is 0 Å². The fraction of sp³-hybridized carbons (Fsp3) is 0.647. The van der Waals surface area contributed by atoms with Gasteiger partial charge in [0.05, 0.1) is 14.2 Å². The lowest BCUT2D eigenvalue weighted by Gasteiger charge is -2.17. The third-order valence-electron chi connectivity index (χ3n) is 4.26. The Labute approximate surface area is 122 Å². The molecule has 0 saturated heterocycles. The van der Waals surface area contributed by atoms with Crippen LogP contribution >= 0.6 is 0 Å². The van der Waals surface area contributed by atoms with Crippen molar-refractivity contribution in [2.45, 2.75) is 51.6 Å². The van der Waals surface area contributed by atoms with Crippen LogP contribution in [0.2, 0.25) is 0 Å². The molecule has 1 N–H and O–H groups in total. The highest BCUT2D eigenvalue weighted by molar-refractivity contribution is 5.38. The maximum Gasteiger partial charge on any atom is 0.122 e. The first-order chi connectivity index (χ1) is 9.71. The van der Waals surface area contributed by atoms with Crippen molar-refractivity contribution in [2.24, 2.45) is 5.92 Å². The molecule has 1 aromatic carbocycles. The zero-order chi connectivity index (χ0) is 14.4. The van der Waals surface area contributed by atoms with Crippen LogP contribution in [0, 0.1) is 5.92 Å². The number of benzene rings is 1. The third kappa shape index (κ3) is 4.41. The molecule has 0 aliphatic heterocycles. The summed E-state index contributed by atoms with van der Waals surface area (Å²) >= 11 is 0. The lowest BCUT2D eigenvalue weighted by molar-refractivity contribution is 0.392. The molecule has 1 aromatic rings. The second-order valence-electron chi connectivity index (χ2n) is 5.91. The molecule has 0 bridgehead atoms. The molecule has 112 valence electrons. The van der Waals surface area contributed by atoms with Gasteiger partial charge in [-0.1, -0.05) is 19.8 Å². The quantitative estimate of drug-likeness (QED) is 0.831. The molecule has 0 amide bonds. The summed E-state index contributed by atoms with van der Waals surface area (Å²) in [4.78, 5) is 0. The Balaban J connectivity index is 1.92. The number of ether oxygens (including phenoxy) is 2. The minimum Gasteiger partial charge on any atom is -0.497 e. The molecular weight excluding hydrogens is 250 g/mol. The van der Waals surface area contributed by atoms with Gasteiger partial charge in [-0.05, 0) is 42.9 Å². The molecule has 0 radical (unpaired) electrons. The topological polar surface area (TPSA) is 30.5 Å². The van der Waals surface area contributed by atoms with Gasteiger partial charge in [0.1, 0.15) is 11.5 Å². The summed E-state index contributed by atoms with van der Waals surface area (Å²) in [5.41, 5.74) is 1.22. The van der Waals surface area contributed by atoms with Crippen molar-refractivity contribution in [3.63, 3.8) is 0 Å². The van der Waals surface area contributed by atoms with E-state index >= 15 is 0 Å². The average Bonchev–Trinajstić information content (AvgIpc) is 2.69. The average molecular weight is 277 g/mol. The minimum atomic E-state index is 0.650. The largest absolute Gasteiger partial charge is 0.497 e. The SMILES string of the molecule is COc1cc(CNC2CCCC(C)CC2)cc(OC)c1. The first-order valence-electron chi connectivity index (χ1n) is 7.66. The van der Waals surface area contributed by atoms with E-state index in [1.807, 2.05) is 6.07 Å². The van der Waals surface area contributed by atoms with E-state index in [2.05, 4.69) is 24.4 Å². The lowest BCUT2D eigenvalue weighted by Crippen LogP contribution is -2.27. The molecule has 1 aliphatic rings. The van der Waals surface area contributed by atoms with E-state index in [4.69, 9.17) is 9.47 Å². The normalized spacial score (nSPS) is 23.1. The van der Waals surface area contributed by atoms with Crippen LogP contribution in [0.3, 0.4) is 0 Å². The molecule has 1 aliphatic carbocycles. The Hall–Kier alpha value is -1.22. The van der Waals surface area contributed by atoms with Gasteiger partial charge in [0.25, 0.3) is 0 Å². The van der Waals surface area contributed by atoms with Crippen molar-refractivity contribution in [2.75, 3.05) is 14.2 Å². The van der Waals surface area contributed by atoms with Gasteiger partial charge in [-0.25, -0.2) is 0 Å². The summed E-state index contributed by atoms with van der Waals surface area (Å²) in [6.45, 7) is 3.25. The van der Waals surface area contributed by atoms with Crippen molar-refractivity contribution in [3.05, 3.63) is 23.8 Å². The Morgan fingerprint density at radius 3 is 2.35 bits per heavy atom. The summed E-state index contributed by atoms with van der Waals surface area (Å²) < 4.78 is 10.6. The highest BCUT2D eigenvalue weighted by Crippen LogP contribution is 2.25. The summed E-state index contributed by atoms with van der Waals surface area (Å²) in [5, 5.41) is 3.69. The molecule has 3 heteroatoms. The smallest absolute Gasteiger partial charge is 0.122 e. The van der Waals surface area contributed by atoms with Gasteiger partial charge in [-0.2, -0.15) is 0 Å². The highest BCUT2D eigenvalue weighted by atomic mass is 16.5. The lowest BCUT2D eigenvalue weighted by atomic mass is 10.0. The Morgan fingerprint density at radius 1 is 1.00 bits per heavy atom. The van der Waals surface area contributed by atoms with Gasteiger partial charge in [-0.15, -0.1) is 0 Å². The van der Waals surface area contributed by atoms with Gasteiger partial charge in [0.2, 0.25) is 0 Å². The van der Waals surface area contributed by atoms with Crippen molar-refractivity contribution >= 4 is 0 Å². The van der Waals surface area contributed by atoms with Crippen LogP contribution in [-0.4, -0.2) is 20.3 Å². The summed E-state index contributed by atoms with van der Waals surface area (Å²) in [5.74, 6) is 2.60. The zero-order valence-electron chi connectivity index (χ0n) is 12.9. The first-order valence-corrected chi connectivity index (χ1v) is 7.66. The molecule has 0 heterocycles. The van der Waals surface area contributed by atoms with Crippen LogP contribution in [0.15, 0.2) is 18.2 Å². The van der Waals surface area contributed by atoms with Crippen LogP contribution < -0.4 is 14.8 Å². The number of rotatable bonds is 5. The van der Waals surface area contributed by atoms with Crippen LogP contribution in [0.5, 0.6) is 11.5 Å². The Kier molecular flexibility index (Phi) is 5.72. The Bertz CT molecular complexity index is 397. The maximum absolute atomic E-state index is 5.32. The zero-order valence-corrected chi connectivity index (χ0v) is 12.9. The molecule has 2 rings (SSSR count). The summed E-state index contributed by atoms with van der Waals surface area (Å²) in [6.07, 6.45) is 6.66. The van der Waals surface area contributed by atoms with E-state index in [0.717, 1.165) is 24.0 Å². The number of nitrogens with one attached hydrogen (secondary N) is 1. The van der Waals surface area contributed by atoms with Gasteiger partial charge in [0, 0.05) is 18.7 Å². The van der Waals surface area contributed by atoms with Crippen molar-refractivity contribution in [1.29, 1.82) is 0 Å². The van der Waals surface area contributed by atoms with E-state index in [1.165, 1.54) is 37.7 Å². The summed E-state index contributed by atoms with van der Waals surface area (Å²) in [7, 11) is 3.39. The maximum atomic E-state index is 5.32. The van der Waals surface area contributed by atoms with E-state index in [1.54, 1.807) is 14.2 Å². The van der Waals surface area contributed by atoms with Crippen LogP contribution in [0.1, 0.15) is 44.6 Å². The van der Waals surface area contributed by atoms with Gasteiger partial charge < -0.3 is 14.8 Å². The number of hydrogen-bond donors (Lipinski definition) is 1. The molecule has 2 unspecified atom stereocenters. The van der Waals surface area contributed by atoms with E-state index in [0.29, 0.717) is 6.04 Å². The van der Waals surface area contributed by atoms with Gasteiger partial charge in [-0.3, -0.25) is 0 Å². The second kappa shape index (κ2) is 7.53. The molecule has 1 fully saturated rings. The molecular formula is C17H27NO2. The van der Waals surface area contributed by atoms with E-state index in [-0.39, 0.29) is 0 Å². The van der Waals surface area contributed by atoms with Crippen molar-refractivity contribution in [1.82, 2.24) is 5.32 Å². The van der Waals surface area contributed by atoms with E-state index < -0.39 is 0 Å². The molecule has 0 spiro atoms. The third-order valence-corrected chi connectivity index (χ3v) is 4.26. The van der Waals surface area contributed by atoms with Crippen LogP contribution in [-0.2, 0) is 6.54 Å². The first kappa shape index (κ1) is 15.2. The standard InChI is InChI=1S/C17H27NO2/c1-13-5-4-6-15(8-7-13)18-12-14-9-16(19-2)11-17(10-14)20-3/h9-11,13,15,18H,4-8,12H2,1-3H3. The van der Waals surface area contributed by atoms with Crippen molar-refractivity contribution < 1.29 is 9.47 Å². The molecule has 2 atom stereocenters. The summed E-state index contributed by atoms with van der Waals surface area (Å²) in [6, 6.07) is 6.72. The fourth-order valence-electron chi connectivity index (χ4n) is 2.92. The predicted molar refractivity (Wildman–Crippen MR) is 82.4 cm³/mol. The fourth-order valence-corrected chi connectivity index (χ4v) is 2.92. The van der Waals surface area contributed by atoms with E-state index in [9.17, 15) is 0 Å². The van der Waals surface area contributed by atoms with Crippen LogP contribution in [0.25, 0.3) is 0 Å². The van der Waals surface area contributed by atoms with Gasteiger partial charge >= 0.3 is 0 Å². The second-order valence-corrected chi connectivity index (χ2v) is 5.91. The molecule has 3 nitrogen and oxygen atoms in total. The van der Waals surface area contributed by atoms with Crippen molar-refractivity contribution in [3.8, 4) is 11.5 Å². The highest BCUT2D eigenvalue weighted by Gasteiger charge is 2.15. The predicted octanol–water partition coefficient (Wildman–Crippen LogP) is 3.76.